The van der Waals surface area contributed by atoms with Gasteiger partial charge in [0.25, 0.3) is 5.91 Å². The lowest BCUT2D eigenvalue weighted by Gasteiger charge is -2.26. The van der Waals surface area contributed by atoms with Gasteiger partial charge in [0, 0.05) is 30.4 Å². The Morgan fingerprint density at radius 2 is 1.85 bits per heavy atom. The first-order chi connectivity index (χ1) is 13.1. The Morgan fingerprint density at radius 1 is 1.11 bits per heavy atom. The number of hydrogen-bond acceptors (Lipinski definition) is 4. The summed E-state index contributed by atoms with van der Waals surface area (Å²) in [6, 6.07) is 16.0. The van der Waals surface area contributed by atoms with Gasteiger partial charge in [-0.25, -0.2) is 4.98 Å². The van der Waals surface area contributed by atoms with Crippen molar-refractivity contribution in [3.05, 3.63) is 54.1 Å². The molecular formula is C21H24N4O2. The van der Waals surface area contributed by atoms with Crippen LogP contribution in [-0.4, -0.2) is 46.7 Å². The highest BCUT2D eigenvalue weighted by Gasteiger charge is 2.20. The average Bonchev–Trinajstić information content (AvgIpc) is 3.06. The van der Waals surface area contributed by atoms with Crippen LogP contribution >= 0.6 is 0 Å². The van der Waals surface area contributed by atoms with Gasteiger partial charge in [-0.15, -0.1) is 0 Å². The van der Waals surface area contributed by atoms with Gasteiger partial charge < -0.3 is 19.5 Å². The second-order valence-electron chi connectivity index (χ2n) is 7.00. The number of nitrogens with zero attached hydrogens (tertiary/aromatic N) is 3. The zero-order chi connectivity index (χ0) is 18.8. The number of nitrogens with one attached hydrogen (secondary N) is 1. The lowest BCUT2D eigenvalue weighted by atomic mass is 10.1. The van der Waals surface area contributed by atoms with Gasteiger partial charge >= 0.3 is 0 Å². The molecule has 0 spiro atoms. The molecule has 1 amide bonds. The third-order valence-electron chi connectivity index (χ3n) is 4.78. The Hall–Kier alpha value is -2.86. The number of rotatable bonds is 4. The van der Waals surface area contributed by atoms with Crippen LogP contribution in [0.1, 0.15) is 30.2 Å². The van der Waals surface area contributed by atoms with E-state index in [-0.39, 0.29) is 11.9 Å². The molecule has 1 fully saturated rings. The van der Waals surface area contributed by atoms with Crippen molar-refractivity contribution in [2.24, 2.45) is 0 Å². The van der Waals surface area contributed by atoms with Gasteiger partial charge in [-0.1, -0.05) is 18.2 Å². The van der Waals surface area contributed by atoms with Crippen LogP contribution in [0.5, 0.6) is 0 Å². The van der Waals surface area contributed by atoms with E-state index >= 15 is 0 Å². The van der Waals surface area contributed by atoms with Gasteiger partial charge in [0.15, 0.2) is 0 Å². The van der Waals surface area contributed by atoms with Crippen LogP contribution in [0, 0.1) is 0 Å². The summed E-state index contributed by atoms with van der Waals surface area (Å²) < 4.78 is 7.50. The number of amides is 1. The number of para-hydroxylation sites is 1. The summed E-state index contributed by atoms with van der Waals surface area (Å²) in [7, 11) is 0. The summed E-state index contributed by atoms with van der Waals surface area (Å²) in [5.41, 5.74) is 3.49. The van der Waals surface area contributed by atoms with Crippen LogP contribution < -0.4 is 5.32 Å². The predicted octanol–water partition coefficient (Wildman–Crippen LogP) is 3.83. The molecule has 0 atom stereocenters. The molecule has 1 aliphatic heterocycles. The molecule has 6 nitrogen and oxygen atoms in total. The molecule has 140 valence electrons. The molecular weight excluding hydrogens is 340 g/mol. The molecule has 0 aliphatic carbocycles. The molecule has 0 radical (unpaired) electrons. The number of carbonyl (C=O) groups is 1. The normalized spacial score (nSPS) is 14.7. The van der Waals surface area contributed by atoms with Crippen molar-refractivity contribution >= 4 is 28.6 Å². The van der Waals surface area contributed by atoms with Gasteiger partial charge in [0.1, 0.15) is 0 Å². The summed E-state index contributed by atoms with van der Waals surface area (Å²) in [6.07, 6.45) is 0. The minimum atomic E-state index is 0.0388. The van der Waals surface area contributed by atoms with Gasteiger partial charge in [-0.3, -0.25) is 4.79 Å². The molecule has 2 aromatic carbocycles. The highest BCUT2D eigenvalue weighted by molar-refractivity contribution is 5.98. The molecule has 1 N–H and O–H groups in total. The quantitative estimate of drug-likeness (QED) is 0.764. The van der Waals surface area contributed by atoms with Gasteiger partial charge in [0.05, 0.1) is 24.2 Å². The lowest BCUT2D eigenvalue weighted by Crippen LogP contribution is -2.40. The molecule has 3 aromatic rings. The van der Waals surface area contributed by atoms with Gasteiger partial charge in [-0.05, 0) is 44.2 Å². The maximum Gasteiger partial charge on any atom is 0.254 e. The summed E-state index contributed by atoms with van der Waals surface area (Å²) in [5, 5.41) is 3.40. The Labute approximate surface area is 158 Å². The first-order valence-electron chi connectivity index (χ1n) is 9.34. The highest BCUT2D eigenvalue weighted by atomic mass is 16.5. The van der Waals surface area contributed by atoms with E-state index < -0.39 is 0 Å². The second kappa shape index (κ2) is 7.40. The zero-order valence-corrected chi connectivity index (χ0v) is 15.7. The van der Waals surface area contributed by atoms with Crippen molar-refractivity contribution in [1.82, 2.24) is 14.5 Å². The first kappa shape index (κ1) is 17.5. The average molecular weight is 364 g/mol. The Balaban J connectivity index is 1.70. The van der Waals surface area contributed by atoms with Crippen molar-refractivity contribution in [3.8, 4) is 0 Å². The number of fused-ring (bicyclic) bond motifs is 1. The van der Waals surface area contributed by atoms with E-state index in [1.54, 1.807) is 0 Å². The Bertz CT molecular complexity index is 943. The van der Waals surface area contributed by atoms with Crippen LogP contribution in [-0.2, 0) is 4.74 Å². The lowest BCUT2D eigenvalue weighted by molar-refractivity contribution is 0.0303. The maximum absolute atomic E-state index is 12.8. The van der Waals surface area contributed by atoms with Crippen LogP contribution in [0.25, 0.3) is 11.0 Å². The number of morpholine rings is 1. The Kier molecular flexibility index (Phi) is 4.81. The van der Waals surface area contributed by atoms with Crippen molar-refractivity contribution in [1.29, 1.82) is 0 Å². The van der Waals surface area contributed by atoms with Crippen molar-refractivity contribution in [2.45, 2.75) is 19.9 Å². The van der Waals surface area contributed by atoms with Gasteiger partial charge in [0.2, 0.25) is 5.95 Å². The highest BCUT2D eigenvalue weighted by Crippen LogP contribution is 2.27. The fourth-order valence-corrected chi connectivity index (χ4v) is 3.44. The van der Waals surface area contributed by atoms with Crippen LogP contribution in [0.3, 0.4) is 0 Å². The largest absolute Gasteiger partial charge is 0.378 e. The number of aromatic nitrogens is 2. The minimum Gasteiger partial charge on any atom is -0.378 e. The zero-order valence-electron chi connectivity index (χ0n) is 15.7. The fraction of sp³-hybridized carbons (Fsp3) is 0.333. The van der Waals surface area contributed by atoms with Crippen LogP contribution in [0.4, 0.5) is 11.6 Å². The number of carbonyl (C=O) groups excluding carboxylic acids is 1. The van der Waals surface area contributed by atoms with Crippen molar-refractivity contribution in [2.75, 3.05) is 31.6 Å². The monoisotopic (exact) mass is 364 g/mol. The SMILES string of the molecule is CC(C)n1c(Nc2ccccc2)nc2cc(C(=O)N3CCOCC3)ccc21. The van der Waals surface area contributed by atoms with E-state index in [2.05, 4.69) is 23.7 Å². The molecule has 27 heavy (non-hydrogen) atoms. The first-order valence-corrected chi connectivity index (χ1v) is 9.34. The molecule has 1 saturated heterocycles. The predicted molar refractivity (Wildman–Crippen MR) is 107 cm³/mol. The fourth-order valence-electron chi connectivity index (χ4n) is 3.44. The summed E-state index contributed by atoms with van der Waals surface area (Å²) >= 11 is 0. The van der Waals surface area contributed by atoms with Crippen molar-refractivity contribution in [3.63, 3.8) is 0 Å². The summed E-state index contributed by atoms with van der Waals surface area (Å²) in [4.78, 5) is 19.4. The third-order valence-corrected chi connectivity index (χ3v) is 4.78. The maximum atomic E-state index is 12.8. The number of ether oxygens (including phenoxy) is 1. The minimum absolute atomic E-state index is 0.0388. The van der Waals surface area contributed by atoms with E-state index in [1.807, 2.05) is 53.4 Å². The third kappa shape index (κ3) is 3.53. The number of benzene rings is 2. The molecule has 0 unspecified atom stereocenters. The molecule has 0 bridgehead atoms. The van der Waals surface area contributed by atoms with E-state index in [1.165, 1.54) is 0 Å². The number of imidazole rings is 1. The molecule has 6 heteroatoms. The molecule has 1 aromatic heterocycles. The van der Waals surface area contributed by atoms with Crippen LogP contribution in [0.15, 0.2) is 48.5 Å². The van der Waals surface area contributed by atoms with E-state index in [4.69, 9.17) is 9.72 Å². The molecule has 1 aliphatic rings. The molecule has 2 heterocycles. The van der Waals surface area contributed by atoms with Crippen molar-refractivity contribution < 1.29 is 9.53 Å². The second-order valence-corrected chi connectivity index (χ2v) is 7.00. The summed E-state index contributed by atoms with van der Waals surface area (Å²) in [5.74, 6) is 0.819. The van der Waals surface area contributed by atoms with E-state index in [0.29, 0.717) is 31.9 Å². The topological polar surface area (TPSA) is 59.4 Å². The van der Waals surface area contributed by atoms with Gasteiger partial charge in [-0.2, -0.15) is 0 Å². The molecule has 0 saturated carbocycles. The smallest absolute Gasteiger partial charge is 0.254 e. The summed E-state index contributed by atoms with van der Waals surface area (Å²) in [6.45, 7) is 6.73. The number of hydrogen-bond donors (Lipinski definition) is 1. The Morgan fingerprint density at radius 3 is 2.56 bits per heavy atom. The number of anilines is 2. The molecule has 4 rings (SSSR count). The van der Waals surface area contributed by atoms with E-state index in [0.717, 1.165) is 22.7 Å². The van der Waals surface area contributed by atoms with Crippen LogP contribution in [0.2, 0.25) is 0 Å². The standard InChI is InChI=1S/C21H24N4O2/c1-15(2)25-19-9-8-16(20(26)24-10-12-27-13-11-24)14-18(19)23-21(25)22-17-6-4-3-5-7-17/h3-9,14-15H,10-13H2,1-2H3,(H,22,23). The van der Waals surface area contributed by atoms with E-state index in [9.17, 15) is 4.79 Å².